The third-order valence-electron chi connectivity index (χ3n) is 2.20. The lowest BCUT2D eigenvalue weighted by Gasteiger charge is -1.99. The fraction of sp³-hybridized carbons (Fsp3) is 0.700. The molecule has 0 fully saturated rings. The second-order valence-corrected chi connectivity index (χ2v) is 3.46. The van der Waals surface area contributed by atoms with Crippen molar-refractivity contribution in [2.24, 2.45) is 0 Å². The molecule has 0 atom stereocenters. The van der Waals surface area contributed by atoms with E-state index in [2.05, 4.69) is 14.8 Å². The van der Waals surface area contributed by atoms with Crippen molar-refractivity contribution in [3.8, 4) is 0 Å². The number of aliphatic hydroxyl groups excluding tert-OH is 1. The number of methoxy groups -OCH3 is 1. The van der Waals surface area contributed by atoms with Gasteiger partial charge in [0, 0.05) is 13.2 Å². The molecule has 0 saturated carbocycles. The maximum Gasteiger partial charge on any atom is 0.377 e. The van der Waals surface area contributed by atoms with Crippen LogP contribution in [0.2, 0.25) is 0 Å². The van der Waals surface area contributed by atoms with Gasteiger partial charge in [0.2, 0.25) is 0 Å². The Bertz CT molecular complexity index is 325. The first-order valence-electron chi connectivity index (χ1n) is 5.36. The van der Waals surface area contributed by atoms with Crippen molar-refractivity contribution >= 4 is 5.97 Å². The fourth-order valence-electron chi connectivity index (χ4n) is 1.33. The summed E-state index contributed by atoms with van der Waals surface area (Å²) < 4.78 is 6.13. The summed E-state index contributed by atoms with van der Waals surface area (Å²) in [5.41, 5.74) is 0. The number of aryl methyl sites for hydroxylation is 1. The predicted octanol–water partition coefficient (Wildman–Crippen LogP) is 0.617. The number of hydrogen-bond acceptors (Lipinski definition) is 5. The molecule has 0 saturated heterocycles. The Morgan fingerprint density at radius 2 is 2.19 bits per heavy atom. The topological polar surface area (TPSA) is 77.2 Å². The molecular formula is C10H17N3O3. The van der Waals surface area contributed by atoms with Crippen molar-refractivity contribution in [1.82, 2.24) is 14.8 Å². The summed E-state index contributed by atoms with van der Waals surface area (Å²) in [4.78, 5) is 14.9. The molecule has 0 aliphatic rings. The van der Waals surface area contributed by atoms with Gasteiger partial charge in [-0.05, 0) is 12.8 Å². The standard InChI is InChI=1S/C10H17N3O3/c1-16-10(15)9-11-8-13(12-9)6-4-2-3-5-7-14/h8,14H,2-7H2,1H3. The quantitative estimate of drug-likeness (QED) is 0.545. The zero-order valence-corrected chi connectivity index (χ0v) is 9.43. The van der Waals surface area contributed by atoms with Gasteiger partial charge in [-0.3, -0.25) is 4.68 Å². The minimum atomic E-state index is -0.515. The van der Waals surface area contributed by atoms with Gasteiger partial charge in [0.25, 0.3) is 5.82 Å². The Balaban J connectivity index is 2.27. The SMILES string of the molecule is COC(=O)c1ncn(CCCCCCO)n1. The fourth-order valence-corrected chi connectivity index (χ4v) is 1.33. The van der Waals surface area contributed by atoms with E-state index in [0.717, 1.165) is 32.2 Å². The summed E-state index contributed by atoms with van der Waals surface area (Å²) >= 11 is 0. The highest BCUT2D eigenvalue weighted by atomic mass is 16.5. The van der Waals surface area contributed by atoms with Gasteiger partial charge in [0.1, 0.15) is 6.33 Å². The summed E-state index contributed by atoms with van der Waals surface area (Å²) in [6, 6.07) is 0. The van der Waals surface area contributed by atoms with Crippen LogP contribution in [0.4, 0.5) is 0 Å². The van der Waals surface area contributed by atoms with Crippen LogP contribution in [-0.4, -0.2) is 39.6 Å². The van der Waals surface area contributed by atoms with Crippen molar-refractivity contribution in [1.29, 1.82) is 0 Å². The van der Waals surface area contributed by atoms with E-state index in [1.54, 1.807) is 4.68 Å². The molecule has 6 nitrogen and oxygen atoms in total. The Labute approximate surface area is 94.2 Å². The van der Waals surface area contributed by atoms with Crippen molar-refractivity contribution in [2.75, 3.05) is 13.7 Å². The van der Waals surface area contributed by atoms with Gasteiger partial charge >= 0.3 is 5.97 Å². The Morgan fingerprint density at radius 1 is 1.44 bits per heavy atom. The van der Waals surface area contributed by atoms with Crippen LogP contribution >= 0.6 is 0 Å². The summed E-state index contributed by atoms with van der Waals surface area (Å²) in [6.07, 6.45) is 5.37. The molecule has 0 spiro atoms. The van der Waals surface area contributed by atoms with Crippen molar-refractivity contribution in [3.63, 3.8) is 0 Å². The molecule has 0 aromatic carbocycles. The minimum absolute atomic E-state index is 0.0952. The first kappa shape index (κ1) is 12.6. The number of ether oxygens (including phenoxy) is 1. The van der Waals surface area contributed by atoms with Gasteiger partial charge in [-0.25, -0.2) is 9.78 Å². The lowest BCUT2D eigenvalue weighted by Crippen LogP contribution is -2.06. The molecule has 1 aromatic rings. The van der Waals surface area contributed by atoms with Gasteiger partial charge in [0.15, 0.2) is 0 Å². The number of carbonyl (C=O) groups is 1. The Kier molecular flexibility index (Phi) is 5.49. The Hall–Kier alpha value is -1.43. The summed E-state index contributed by atoms with van der Waals surface area (Å²) in [5, 5.41) is 12.6. The lowest BCUT2D eigenvalue weighted by molar-refractivity contribution is 0.0586. The molecular weight excluding hydrogens is 210 g/mol. The zero-order chi connectivity index (χ0) is 11.8. The smallest absolute Gasteiger partial charge is 0.377 e. The highest BCUT2D eigenvalue weighted by Crippen LogP contribution is 2.01. The van der Waals surface area contributed by atoms with E-state index in [0.29, 0.717) is 0 Å². The minimum Gasteiger partial charge on any atom is -0.463 e. The number of aliphatic hydroxyl groups is 1. The third-order valence-corrected chi connectivity index (χ3v) is 2.20. The molecule has 1 rings (SSSR count). The zero-order valence-electron chi connectivity index (χ0n) is 9.43. The number of unbranched alkanes of at least 4 members (excludes halogenated alkanes) is 3. The highest BCUT2D eigenvalue weighted by Gasteiger charge is 2.10. The first-order valence-corrected chi connectivity index (χ1v) is 5.36. The van der Waals surface area contributed by atoms with E-state index in [1.807, 2.05) is 0 Å². The van der Waals surface area contributed by atoms with Gasteiger partial charge in [-0.15, -0.1) is 5.10 Å². The third kappa shape index (κ3) is 3.98. The van der Waals surface area contributed by atoms with E-state index in [4.69, 9.17) is 5.11 Å². The molecule has 16 heavy (non-hydrogen) atoms. The van der Waals surface area contributed by atoms with Crippen LogP contribution in [0, 0.1) is 0 Å². The molecule has 1 aromatic heterocycles. The van der Waals surface area contributed by atoms with Crippen molar-refractivity contribution in [2.45, 2.75) is 32.2 Å². The number of hydrogen-bond donors (Lipinski definition) is 1. The van der Waals surface area contributed by atoms with Crippen LogP contribution in [0.25, 0.3) is 0 Å². The number of rotatable bonds is 7. The molecule has 0 bridgehead atoms. The van der Waals surface area contributed by atoms with Crippen LogP contribution in [-0.2, 0) is 11.3 Å². The maximum atomic E-state index is 11.1. The molecule has 90 valence electrons. The van der Waals surface area contributed by atoms with Gasteiger partial charge in [-0.1, -0.05) is 12.8 Å². The van der Waals surface area contributed by atoms with Gasteiger partial charge in [0.05, 0.1) is 7.11 Å². The molecule has 0 aliphatic carbocycles. The van der Waals surface area contributed by atoms with Crippen LogP contribution in [0.1, 0.15) is 36.3 Å². The van der Waals surface area contributed by atoms with Crippen LogP contribution in [0.15, 0.2) is 6.33 Å². The van der Waals surface area contributed by atoms with E-state index in [-0.39, 0.29) is 12.4 Å². The van der Waals surface area contributed by atoms with Crippen molar-refractivity contribution in [3.05, 3.63) is 12.2 Å². The summed E-state index contributed by atoms with van der Waals surface area (Å²) in [5.74, 6) is -0.420. The number of carbonyl (C=O) groups excluding carboxylic acids is 1. The summed E-state index contributed by atoms with van der Waals surface area (Å²) in [7, 11) is 1.30. The largest absolute Gasteiger partial charge is 0.463 e. The molecule has 0 unspecified atom stereocenters. The highest BCUT2D eigenvalue weighted by molar-refractivity contribution is 5.84. The average Bonchev–Trinajstić information content (AvgIpc) is 2.76. The molecule has 1 N–H and O–H groups in total. The monoisotopic (exact) mass is 227 g/mol. The normalized spacial score (nSPS) is 10.4. The second kappa shape index (κ2) is 6.95. The lowest BCUT2D eigenvalue weighted by atomic mass is 10.2. The van der Waals surface area contributed by atoms with Crippen LogP contribution in [0.3, 0.4) is 0 Å². The van der Waals surface area contributed by atoms with Gasteiger partial charge in [-0.2, -0.15) is 0 Å². The predicted molar refractivity (Wildman–Crippen MR) is 56.9 cm³/mol. The van der Waals surface area contributed by atoms with E-state index >= 15 is 0 Å². The first-order chi connectivity index (χ1) is 7.77. The maximum absolute atomic E-state index is 11.1. The average molecular weight is 227 g/mol. The summed E-state index contributed by atoms with van der Waals surface area (Å²) in [6.45, 7) is 0.977. The second-order valence-electron chi connectivity index (χ2n) is 3.46. The molecule has 0 amide bonds. The van der Waals surface area contributed by atoms with E-state index in [1.165, 1.54) is 13.4 Å². The van der Waals surface area contributed by atoms with E-state index < -0.39 is 5.97 Å². The number of esters is 1. The number of nitrogens with zero attached hydrogens (tertiary/aromatic N) is 3. The molecule has 0 radical (unpaired) electrons. The van der Waals surface area contributed by atoms with E-state index in [9.17, 15) is 4.79 Å². The van der Waals surface area contributed by atoms with Crippen molar-refractivity contribution < 1.29 is 14.6 Å². The van der Waals surface area contributed by atoms with Gasteiger partial charge < -0.3 is 9.84 Å². The van der Waals surface area contributed by atoms with Crippen LogP contribution in [0.5, 0.6) is 0 Å². The molecule has 6 heteroatoms. The molecule has 1 heterocycles. The molecule has 0 aliphatic heterocycles. The Morgan fingerprint density at radius 3 is 2.88 bits per heavy atom. The number of aromatic nitrogens is 3. The van der Waals surface area contributed by atoms with Crippen LogP contribution < -0.4 is 0 Å².